The maximum atomic E-state index is 13.1. The topological polar surface area (TPSA) is 91.6 Å². The highest BCUT2D eigenvalue weighted by Crippen LogP contribution is 2.23. The molecule has 2 N–H and O–H groups in total. The molecule has 0 aliphatic rings. The summed E-state index contributed by atoms with van der Waals surface area (Å²) in [5.74, 6) is 5.94. The Balaban J connectivity index is 2.22. The number of nitrogens with zero attached hydrogens (tertiary/aromatic N) is 5. The lowest BCUT2D eigenvalue weighted by molar-refractivity contribution is 0.697. The molecule has 0 fully saturated rings. The number of rotatable bonds is 3. The molecule has 3 heterocycles. The van der Waals surface area contributed by atoms with Crippen LogP contribution in [0.15, 0.2) is 11.0 Å². The highest BCUT2D eigenvalue weighted by Gasteiger charge is 2.20. The smallest absolute Gasteiger partial charge is 0.331 e. The van der Waals surface area contributed by atoms with Crippen molar-refractivity contribution in [1.82, 2.24) is 24.1 Å². The molecule has 0 aromatic carbocycles. The number of nitrogen functional groups attached to an aromatic ring is 1. The second-order valence-electron chi connectivity index (χ2n) is 6.03. The summed E-state index contributed by atoms with van der Waals surface area (Å²) in [4.78, 5) is 25.8. The molecule has 0 aliphatic carbocycles. The van der Waals surface area contributed by atoms with Gasteiger partial charge in [0.25, 0.3) is 0 Å². The fourth-order valence-corrected chi connectivity index (χ4v) is 3.52. The number of fused-ring (bicyclic) bond motifs is 1. The van der Waals surface area contributed by atoms with Gasteiger partial charge in [0.05, 0.1) is 18.8 Å². The molecule has 140 valence electrons. The van der Waals surface area contributed by atoms with E-state index in [9.17, 15) is 4.79 Å². The van der Waals surface area contributed by atoms with Gasteiger partial charge in [-0.1, -0.05) is 24.4 Å². The first-order valence-corrected chi connectivity index (χ1v) is 9.79. The zero-order valence-electron chi connectivity index (χ0n) is 15.2. The fraction of sp³-hybridized carbons (Fsp3) is 0.333. The molecule has 27 heavy (non-hydrogen) atoms. The van der Waals surface area contributed by atoms with E-state index in [-0.39, 0.29) is 29.9 Å². The summed E-state index contributed by atoms with van der Waals surface area (Å²) in [5, 5.41) is 0.134. The van der Waals surface area contributed by atoms with Crippen LogP contribution >= 0.6 is 34.2 Å². The highest BCUT2D eigenvalue weighted by atomic mass is 127. The van der Waals surface area contributed by atoms with Crippen molar-refractivity contribution in [1.29, 1.82) is 0 Å². The number of aryl methyl sites for hydroxylation is 1. The molecule has 0 saturated heterocycles. The Labute approximate surface area is 175 Å². The lowest BCUT2D eigenvalue weighted by atomic mass is 10.1. The van der Waals surface area contributed by atoms with Crippen molar-refractivity contribution in [2.75, 3.05) is 5.73 Å². The van der Waals surface area contributed by atoms with Crippen molar-refractivity contribution in [3.63, 3.8) is 0 Å². The minimum absolute atomic E-state index is 0.0150. The Hall–Kier alpha value is -2.12. The molecule has 0 bridgehead atoms. The van der Waals surface area contributed by atoms with Crippen LogP contribution in [0.4, 0.5) is 5.95 Å². The molecular formula is C18H18ClIN6O. The van der Waals surface area contributed by atoms with Crippen molar-refractivity contribution >= 4 is 51.3 Å². The van der Waals surface area contributed by atoms with Gasteiger partial charge < -0.3 is 5.73 Å². The average molecular weight is 497 g/mol. The van der Waals surface area contributed by atoms with Gasteiger partial charge in [0.2, 0.25) is 5.95 Å². The highest BCUT2D eigenvalue weighted by molar-refractivity contribution is 14.1. The number of imidazole rings is 1. The normalized spacial score (nSPS) is 10.9. The van der Waals surface area contributed by atoms with Gasteiger partial charge in [-0.25, -0.2) is 4.79 Å². The summed E-state index contributed by atoms with van der Waals surface area (Å²) >= 11 is 8.56. The summed E-state index contributed by atoms with van der Waals surface area (Å²) in [6.07, 6.45) is 2.51. The Morgan fingerprint density at radius 3 is 2.70 bits per heavy atom. The third kappa shape index (κ3) is 3.66. The predicted molar refractivity (Wildman–Crippen MR) is 115 cm³/mol. The molecule has 3 rings (SSSR count). The Kier molecular flexibility index (Phi) is 5.72. The van der Waals surface area contributed by atoms with Crippen LogP contribution in [0.1, 0.15) is 30.2 Å². The van der Waals surface area contributed by atoms with Crippen LogP contribution in [0.3, 0.4) is 0 Å². The maximum absolute atomic E-state index is 13.1. The lowest BCUT2D eigenvalue weighted by Crippen LogP contribution is -2.25. The average Bonchev–Trinajstić information content (AvgIpc) is 2.88. The van der Waals surface area contributed by atoms with Crippen LogP contribution in [0.25, 0.3) is 11.2 Å². The first-order chi connectivity index (χ1) is 12.8. The third-order valence-corrected chi connectivity index (χ3v) is 6.12. The van der Waals surface area contributed by atoms with Gasteiger partial charge in [-0.2, -0.15) is 9.97 Å². The van der Waals surface area contributed by atoms with Gasteiger partial charge in [0.15, 0.2) is 10.8 Å². The standard InChI is InChI=1S/C18H18ClIN6O/c1-4-5-6-7-25-14-15(19)23-17(21)24-16(14)26(18(25)27)9-12-11(3)13(20)10(2)8-22-12/h8H,4,7,9H2,1-3H3,(H2,21,23,24). The molecule has 0 aliphatic heterocycles. The number of hydrogen-bond donors (Lipinski definition) is 1. The second-order valence-corrected chi connectivity index (χ2v) is 7.47. The Bertz CT molecular complexity index is 1150. The third-order valence-electron chi connectivity index (χ3n) is 4.20. The van der Waals surface area contributed by atoms with E-state index in [0.717, 1.165) is 20.4 Å². The van der Waals surface area contributed by atoms with E-state index in [0.29, 0.717) is 17.6 Å². The first-order valence-electron chi connectivity index (χ1n) is 8.33. The van der Waals surface area contributed by atoms with Crippen LogP contribution in [0.2, 0.25) is 5.15 Å². The summed E-state index contributed by atoms with van der Waals surface area (Å²) < 4.78 is 4.12. The van der Waals surface area contributed by atoms with Crippen molar-refractivity contribution in [2.45, 2.75) is 40.3 Å². The van der Waals surface area contributed by atoms with Crippen LogP contribution in [-0.4, -0.2) is 24.1 Å². The second kappa shape index (κ2) is 7.86. The quantitative estimate of drug-likeness (QED) is 0.342. The zero-order chi connectivity index (χ0) is 19.7. The zero-order valence-corrected chi connectivity index (χ0v) is 18.1. The van der Waals surface area contributed by atoms with Crippen LogP contribution in [-0.2, 0) is 13.1 Å². The number of nitrogens with two attached hydrogens (primary N) is 1. The van der Waals surface area contributed by atoms with Crippen molar-refractivity contribution in [3.05, 3.63) is 42.2 Å². The predicted octanol–water partition coefficient (Wildman–Crippen LogP) is 2.91. The summed E-state index contributed by atoms with van der Waals surface area (Å²) in [7, 11) is 0. The summed E-state index contributed by atoms with van der Waals surface area (Å²) in [5.41, 5.74) is 9.22. The van der Waals surface area contributed by atoms with Crippen LogP contribution < -0.4 is 11.4 Å². The lowest BCUT2D eigenvalue weighted by Gasteiger charge is -2.09. The monoisotopic (exact) mass is 496 g/mol. The van der Waals surface area contributed by atoms with E-state index in [2.05, 4.69) is 49.4 Å². The van der Waals surface area contributed by atoms with E-state index in [4.69, 9.17) is 17.3 Å². The van der Waals surface area contributed by atoms with E-state index in [1.807, 2.05) is 20.8 Å². The van der Waals surface area contributed by atoms with E-state index >= 15 is 0 Å². The summed E-state index contributed by atoms with van der Waals surface area (Å²) in [6, 6.07) is 0. The molecule has 0 atom stereocenters. The molecule has 0 radical (unpaired) electrons. The molecule has 0 saturated carbocycles. The molecule has 3 aromatic rings. The molecule has 0 spiro atoms. The minimum Gasteiger partial charge on any atom is -0.368 e. The van der Waals surface area contributed by atoms with Crippen molar-refractivity contribution < 1.29 is 0 Å². The molecule has 0 amide bonds. The minimum atomic E-state index is -0.269. The van der Waals surface area contributed by atoms with Crippen LogP contribution in [0, 0.1) is 29.3 Å². The fourth-order valence-electron chi connectivity index (χ4n) is 2.79. The Morgan fingerprint density at radius 1 is 1.26 bits per heavy atom. The van der Waals surface area contributed by atoms with Gasteiger partial charge in [0.1, 0.15) is 5.52 Å². The van der Waals surface area contributed by atoms with Crippen molar-refractivity contribution in [3.8, 4) is 11.8 Å². The summed E-state index contributed by atoms with van der Waals surface area (Å²) in [6.45, 7) is 6.41. The SMILES string of the molecule is CCC#CCn1c(=O)n(Cc2ncc(C)c(I)c2C)c2nc(N)nc(Cl)c21. The van der Waals surface area contributed by atoms with E-state index in [1.165, 1.54) is 9.13 Å². The molecule has 9 heteroatoms. The van der Waals surface area contributed by atoms with Gasteiger partial charge in [0, 0.05) is 16.2 Å². The molecule has 7 nitrogen and oxygen atoms in total. The molecule has 3 aromatic heterocycles. The molecule has 0 unspecified atom stereocenters. The van der Waals surface area contributed by atoms with Crippen LogP contribution in [0.5, 0.6) is 0 Å². The molecular weight excluding hydrogens is 479 g/mol. The largest absolute Gasteiger partial charge is 0.368 e. The van der Waals surface area contributed by atoms with Gasteiger partial charge >= 0.3 is 5.69 Å². The maximum Gasteiger partial charge on any atom is 0.331 e. The van der Waals surface area contributed by atoms with Gasteiger partial charge in [-0.15, -0.1) is 5.92 Å². The number of pyridine rings is 1. The number of halogens is 2. The van der Waals surface area contributed by atoms with Crippen molar-refractivity contribution in [2.24, 2.45) is 0 Å². The van der Waals surface area contributed by atoms with Gasteiger partial charge in [-0.05, 0) is 47.6 Å². The first kappa shape index (κ1) is 19.6. The van der Waals surface area contributed by atoms with Gasteiger partial charge in [-0.3, -0.25) is 14.1 Å². The van der Waals surface area contributed by atoms with E-state index in [1.54, 1.807) is 6.20 Å². The Morgan fingerprint density at radius 2 is 2.00 bits per heavy atom. The number of anilines is 1. The number of aromatic nitrogens is 5. The number of hydrogen-bond acceptors (Lipinski definition) is 5. The van der Waals surface area contributed by atoms with E-state index < -0.39 is 0 Å².